The summed E-state index contributed by atoms with van der Waals surface area (Å²) in [7, 11) is 0. The van der Waals surface area contributed by atoms with Crippen molar-refractivity contribution in [2.24, 2.45) is 0 Å². The second kappa shape index (κ2) is 7.59. The first-order valence-corrected chi connectivity index (χ1v) is 6.64. The Labute approximate surface area is 128 Å². The summed E-state index contributed by atoms with van der Waals surface area (Å²) in [4.78, 5) is 0. The molecule has 0 aliphatic carbocycles. The van der Waals surface area contributed by atoms with Gasteiger partial charge in [-0.25, -0.2) is 0 Å². The summed E-state index contributed by atoms with van der Waals surface area (Å²) in [5.74, 6) is 2.31. The van der Waals surface area contributed by atoms with E-state index in [1.54, 1.807) is 60.7 Å². The zero-order valence-electron chi connectivity index (χ0n) is 11.8. The van der Waals surface area contributed by atoms with Gasteiger partial charge in [-0.05, 0) is 36.4 Å². The van der Waals surface area contributed by atoms with Crippen molar-refractivity contribution in [3.8, 4) is 28.7 Å². The molecule has 4 rings (SSSR count). The predicted octanol–water partition coefficient (Wildman–Crippen LogP) is 4.28. The average Bonchev–Trinajstić information content (AvgIpc) is 3.31. The first-order chi connectivity index (χ1) is 10.7. The lowest BCUT2D eigenvalue weighted by Gasteiger charge is -1.82. The van der Waals surface area contributed by atoms with Gasteiger partial charge in [-0.1, -0.05) is 42.5 Å². The number of fused-ring (bicyclic) bond motifs is 1. The van der Waals surface area contributed by atoms with Gasteiger partial charge in [-0.3, -0.25) is 0 Å². The molecule has 3 aromatic rings. The van der Waals surface area contributed by atoms with E-state index < -0.39 is 0 Å². The van der Waals surface area contributed by atoms with Crippen LogP contribution >= 0.6 is 0 Å². The Kier molecular flexibility index (Phi) is 5.26. The maximum Gasteiger partial charge on any atom is 0.211 e. The van der Waals surface area contributed by atoms with Crippen LogP contribution in [0, 0.1) is 0 Å². The number of para-hydroxylation sites is 3. The molecule has 3 aromatic carbocycles. The minimum absolute atomic E-state index is 0.238. The molecule has 0 saturated carbocycles. The minimum Gasteiger partial charge on any atom is -0.508 e. The summed E-state index contributed by atoms with van der Waals surface area (Å²) >= 11 is 0. The highest BCUT2D eigenvalue weighted by molar-refractivity contribution is 5.62. The molecule has 1 aliphatic rings. The van der Waals surface area contributed by atoms with Crippen molar-refractivity contribution in [2.75, 3.05) is 0 Å². The monoisotopic (exact) mass is 296 g/mol. The van der Waals surface area contributed by atoms with E-state index in [1.165, 1.54) is 0 Å². The van der Waals surface area contributed by atoms with Crippen LogP contribution in [0.15, 0.2) is 78.9 Å². The van der Waals surface area contributed by atoms with Gasteiger partial charge in [0, 0.05) is 0 Å². The summed E-state index contributed by atoms with van der Waals surface area (Å²) in [6, 6.07) is 22.6. The van der Waals surface area contributed by atoms with Gasteiger partial charge in [0.15, 0.2) is 11.5 Å². The molecule has 0 unspecified atom stereocenters. The molecule has 1 heterocycles. The van der Waals surface area contributed by atoms with Crippen LogP contribution in [0.3, 0.4) is 0 Å². The van der Waals surface area contributed by atoms with Crippen molar-refractivity contribution in [1.82, 2.24) is 0 Å². The van der Waals surface area contributed by atoms with Crippen LogP contribution in [-0.4, -0.2) is 15.3 Å². The zero-order valence-corrected chi connectivity index (χ0v) is 11.8. The van der Waals surface area contributed by atoms with Crippen LogP contribution in [0.4, 0.5) is 0 Å². The molecule has 0 radical (unpaired) electrons. The van der Waals surface area contributed by atoms with E-state index >= 15 is 0 Å². The van der Waals surface area contributed by atoms with E-state index in [2.05, 4.69) is 0 Å². The number of benzene rings is 3. The van der Waals surface area contributed by atoms with E-state index in [1.807, 2.05) is 18.2 Å². The van der Waals surface area contributed by atoms with Crippen molar-refractivity contribution in [3.63, 3.8) is 0 Å². The second-order valence-corrected chi connectivity index (χ2v) is 4.38. The summed E-state index contributed by atoms with van der Waals surface area (Å²) in [6.45, 7) is 0. The van der Waals surface area contributed by atoms with Crippen LogP contribution in [0.2, 0.25) is 0 Å². The fourth-order valence-corrected chi connectivity index (χ4v) is 1.53. The van der Waals surface area contributed by atoms with E-state index in [9.17, 15) is 0 Å². The first-order valence-electron chi connectivity index (χ1n) is 6.64. The molecule has 4 heteroatoms. The standard InChI is InChI=1S/C6H4O2.2C6H6O/c7-4-2-1-3-5-6(4)8-5;2*7-6-4-2-1-3-5-6/h1-3,7H;2*1-5,7H. The lowest BCUT2D eigenvalue weighted by Crippen LogP contribution is -1.56. The Morgan fingerprint density at radius 1 is 0.545 bits per heavy atom. The van der Waals surface area contributed by atoms with Gasteiger partial charge in [-0.15, -0.1) is 0 Å². The number of ether oxygens (including phenoxy) is 1. The zero-order chi connectivity index (χ0) is 15.8. The van der Waals surface area contributed by atoms with Gasteiger partial charge in [0.05, 0.1) is 0 Å². The number of rotatable bonds is 0. The SMILES string of the molecule is Oc1cccc2c1O2.Oc1ccccc1.Oc1ccccc1. The van der Waals surface area contributed by atoms with Gasteiger partial charge in [0.2, 0.25) is 5.75 Å². The quantitative estimate of drug-likeness (QED) is 0.423. The Morgan fingerprint density at radius 2 is 1.05 bits per heavy atom. The summed E-state index contributed by atoms with van der Waals surface area (Å²) in [5, 5.41) is 26.1. The van der Waals surface area contributed by atoms with Gasteiger partial charge < -0.3 is 20.1 Å². The summed E-state index contributed by atoms with van der Waals surface area (Å²) < 4.78 is 4.82. The lowest BCUT2D eigenvalue weighted by molar-refractivity contribution is 0.463. The maximum atomic E-state index is 8.85. The van der Waals surface area contributed by atoms with Gasteiger partial charge in [-0.2, -0.15) is 0 Å². The molecule has 0 amide bonds. The normalized spacial score (nSPS) is 9.82. The number of aromatic hydroxyl groups is 3. The average molecular weight is 296 g/mol. The largest absolute Gasteiger partial charge is 0.508 e. The van der Waals surface area contributed by atoms with E-state index in [0.717, 1.165) is 5.75 Å². The molecule has 0 spiro atoms. The van der Waals surface area contributed by atoms with Crippen molar-refractivity contribution >= 4 is 0 Å². The third-order valence-electron chi connectivity index (χ3n) is 2.64. The van der Waals surface area contributed by atoms with Crippen LogP contribution < -0.4 is 4.74 Å². The van der Waals surface area contributed by atoms with Crippen LogP contribution in [0.5, 0.6) is 28.7 Å². The fourth-order valence-electron chi connectivity index (χ4n) is 1.53. The number of hydrogen-bond acceptors (Lipinski definition) is 4. The van der Waals surface area contributed by atoms with E-state index in [0.29, 0.717) is 17.2 Å². The molecule has 0 saturated heterocycles. The summed E-state index contributed by atoms with van der Waals surface area (Å²) in [6.07, 6.45) is 0. The number of hydrogen-bond donors (Lipinski definition) is 3. The molecule has 22 heavy (non-hydrogen) atoms. The number of phenolic OH excluding ortho intramolecular Hbond substituents is 3. The predicted molar refractivity (Wildman–Crippen MR) is 84.4 cm³/mol. The Balaban J connectivity index is 0.000000121. The topological polar surface area (TPSA) is 73.2 Å². The van der Waals surface area contributed by atoms with Crippen molar-refractivity contribution in [2.45, 2.75) is 0 Å². The third kappa shape index (κ3) is 5.09. The molecule has 112 valence electrons. The third-order valence-corrected chi connectivity index (χ3v) is 2.64. The van der Waals surface area contributed by atoms with E-state index in [4.69, 9.17) is 20.1 Å². The molecular weight excluding hydrogens is 280 g/mol. The van der Waals surface area contributed by atoms with Crippen LogP contribution in [0.25, 0.3) is 0 Å². The highest BCUT2D eigenvalue weighted by atomic mass is 16.6. The van der Waals surface area contributed by atoms with Crippen LogP contribution in [-0.2, 0) is 0 Å². The molecule has 3 N–H and O–H groups in total. The summed E-state index contributed by atoms with van der Waals surface area (Å²) in [5.41, 5.74) is 0. The molecule has 1 aliphatic heterocycles. The van der Waals surface area contributed by atoms with Crippen molar-refractivity contribution in [3.05, 3.63) is 78.9 Å². The van der Waals surface area contributed by atoms with Crippen molar-refractivity contribution < 1.29 is 20.1 Å². The van der Waals surface area contributed by atoms with Gasteiger partial charge in [0.1, 0.15) is 11.5 Å². The highest BCUT2D eigenvalue weighted by Crippen LogP contribution is 2.51. The van der Waals surface area contributed by atoms with Gasteiger partial charge in [0.25, 0.3) is 0 Å². The molecular formula is C18H16O4. The fraction of sp³-hybridized carbons (Fsp3) is 0. The molecule has 0 atom stereocenters. The molecule has 0 aromatic heterocycles. The minimum atomic E-state index is 0.238. The molecule has 0 bridgehead atoms. The smallest absolute Gasteiger partial charge is 0.211 e. The lowest BCUT2D eigenvalue weighted by atomic mass is 10.3. The van der Waals surface area contributed by atoms with E-state index in [-0.39, 0.29) is 5.75 Å². The second-order valence-electron chi connectivity index (χ2n) is 4.38. The first kappa shape index (κ1) is 15.3. The van der Waals surface area contributed by atoms with Crippen LogP contribution in [0.1, 0.15) is 0 Å². The Bertz CT molecular complexity index is 659. The molecule has 0 fully saturated rings. The maximum absolute atomic E-state index is 8.85. The Morgan fingerprint density at radius 3 is 1.36 bits per heavy atom. The number of phenols is 3. The van der Waals surface area contributed by atoms with Crippen molar-refractivity contribution in [1.29, 1.82) is 0 Å². The van der Waals surface area contributed by atoms with Gasteiger partial charge >= 0.3 is 0 Å². The molecule has 4 nitrogen and oxygen atoms in total. The highest BCUT2D eigenvalue weighted by Gasteiger charge is 2.22. The Hall–Kier alpha value is -3.14.